The van der Waals surface area contributed by atoms with Crippen LogP contribution >= 0.6 is 0 Å². The van der Waals surface area contributed by atoms with Crippen LogP contribution in [0.3, 0.4) is 0 Å². The van der Waals surface area contributed by atoms with Crippen LogP contribution in [0.4, 0.5) is 0 Å². The number of rotatable bonds is 4. The minimum atomic E-state index is -0.638. The number of aliphatic hydroxyl groups is 1. The first-order chi connectivity index (χ1) is 13.4. The Labute approximate surface area is 165 Å². The van der Waals surface area contributed by atoms with Gasteiger partial charge >= 0.3 is 0 Å². The van der Waals surface area contributed by atoms with E-state index in [2.05, 4.69) is 15.3 Å². The monoisotopic (exact) mass is 377 g/mol. The highest BCUT2D eigenvalue weighted by atomic mass is 16.3. The van der Waals surface area contributed by atoms with Gasteiger partial charge < -0.3 is 15.4 Å². The molecular formula is C23H27N3O2. The number of pyridine rings is 1. The van der Waals surface area contributed by atoms with Crippen molar-refractivity contribution in [3.05, 3.63) is 54.4 Å². The van der Waals surface area contributed by atoms with Crippen LogP contribution in [0.25, 0.3) is 22.2 Å². The number of benzene rings is 1. The summed E-state index contributed by atoms with van der Waals surface area (Å²) in [7, 11) is 0. The van der Waals surface area contributed by atoms with Crippen molar-refractivity contribution in [3.8, 4) is 11.3 Å². The highest BCUT2D eigenvalue weighted by Gasteiger charge is 2.31. The summed E-state index contributed by atoms with van der Waals surface area (Å²) in [6.07, 6.45) is 7.41. The number of nitrogens with zero attached hydrogens (tertiary/aromatic N) is 1. The van der Waals surface area contributed by atoms with E-state index in [9.17, 15) is 9.90 Å². The van der Waals surface area contributed by atoms with Crippen molar-refractivity contribution in [3.63, 3.8) is 0 Å². The van der Waals surface area contributed by atoms with E-state index >= 15 is 0 Å². The molecule has 3 N–H and O–H groups in total. The highest BCUT2D eigenvalue weighted by molar-refractivity contribution is 5.96. The lowest BCUT2D eigenvalue weighted by Gasteiger charge is -2.36. The molecule has 4 rings (SSSR count). The van der Waals surface area contributed by atoms with Gasteiger partial charge in [-0.1, -0.05) is 12.1 Å². The molecule has 3 aromatic rings. The molecule has 5 heteroatoms. The fourth-order valence-electron chi connectivity index (χ4n) is 4.21. The first-order valence-corrected chi connectivity index (χ1v) is 9.97. The van der Waals surface area contributed by atoms with Crippen LogP contribution in [0, 0.1) is 5.92 Å². The van der Waals surface area contributed by atoms with Gasteiger partial charge in [0.15, 0.2) is 0 Å². The molecule has 1 aromatic carbocycles. The third-order valence-electron chi connectivity index (χ3n) is 5.96. The van der Waals surface area contributed by atoms with Crippen molar-refractivity contribution in [2.45, 2.75) is 51.2 Å². The zero-order chi connectivity index (χ0) is 19.7. The van der Waals surface area contributed by atoms with Gasteiger partial charge in [0.25, 0.3) is 5.91 Å². The summed E-state index contributed by atoms with van der Waals surface area (Å²) in [5, 5.41) is 14.4. The van der Waals surface area contributed by atoms with Gasteiger partial charge in [-0.2, -0.15) is 0 Å². The Morgan fingerprint density at radius 3 is 2.50 bits per heavy atom. The number of amides is 1. The molecule has 0 aliphatic heterocycles. The van der Waals surface area contributed by atoms with Crippen molar-refractivity contribution in [2.24, 2.45) is 5.92 Å². The Kier molecular flexibility index (Phi) is 4.94. The second-order valence-corrected chi connectivity index (χ2v) is 8.35. The fraction of sp³-hybridized carbons (Fsp3) is 0.391. The zero-order valence-electron chi connectivity index (χ0n) is 16.4. The Bertz CT molecular complexity index is 961. The van der Waals surface area contributed by atoms with Crippen LogP contribution in [-0.4, -0.2) is 32.6 Å². The van der Waals surface area contributed by atoms with Gasteiger partial charge in [-0.25, -0.2) is 0 Å². The molecule has 0 unspecified atom stereocenters. The lowest BCUT2D eigenvalue weighted by Crippen LogP contribution is -2.41. The van der Waals surface area contributed by atoms with E-state index in [4.69, 9.17) is 0 Å². The predicted molar refractivity (Wildman–Crippen MR) is 111 cm³/mol. The van der Waals surface area contributed by atoms with Crippen LogP contribution in [0.5, 0.6) is 0 Å². The molecule has 0 atom stereocenters. The number of H-pyrrole nitrogens is 1. The Balaban J connectivity index is 1.42. The predicted octanol–water partition coefficient (Wildman–Crippen LogP) is 4.29. The zero-order valence-corrected chi connectivity index (χ0v) is 16.4. The van der Waals surface area contributed by atoms with E-state index in [1.807, 2.05) is 56.4 Å². The van der Waals surface area contributed by atoms with Crippen LogP contribution in [0.1, 0.15) is 49.9 Å². The van der Waals surface area contributed by atoms with Gasteiger partial charge in [0, 0.05) is 40.5 Å². The maximum atomic E-state index is 12.6. The molecule has 0 saturated heterocycles. The third kappa shape index (κ3) is 3.80. The number of carbonyl (C=O) groups is 1. The summed E-state index contributed by atoms with van der Waals surface area (Å²) in [5.41, 5.74) is 2.98. The van der Waals surface area contributed by atoms with Crippen molar-refractivity contribution in [1.82, 2.24) is 15.3 Å². The average molecular weight is 377 g/mol. The molecular weight excluding hydrogens is 350 g/mol. The molecule has 1 aliphatic rings. The number of hydrogen-bond acceptors (Lipinski definition) is 3. The van der Waals surface area contributed by atoms with Crippen molar-refractivity contribution in [1.29, 1.82) is 0 Å². The number of fused-ring (bicyclic) bond motifs is 1. The number of aromatic amines is 1. The Hall–Kier alpha value is -2.66. The molecule has 1 saturated carbocycles. The summed E-state index contributed by atoms with van der Waals surface area (Å²) in [6, 6.07) is 11.8. The van der Waals surface area contributed by atoms with Crippen molar-refractivity contribution in [2.75, 3.05) is 0 Å². The van der Waals surface area contributed by atoms with Crippen LogP contribution in [0.15, 0.2) is 48.8 Å². The first kappa shape index (κ1) is 18.7. The van der Waals surface area contributed by atoms with Gasteiger partial charge in [-0.3, -0.25) is 9.78 Å². The van der Waals surface area contributed by atoms with E-state index in [0.717, 1.165) is 47.8 Å². The summed E-state index contributed by atoms with van der Waals surface area (Å²) in [5.74, 6) is 0.273. The van der Waals surface area contributed by atoms with Gasteiger partial charge in [-0.15, -0.1) is 0 Å². The Morgan fingerprint density at radius 1 is 1.11 bits per heavy atom. The van der Waals surface area contributed by atoms with Crippen LogP contribution < -0.4 is 5.32 Å². The second kappa shape index (κ2) is 7.40. The molecule has 0 spiro atoms. The minimum Gasteiger partial charge on any atom is -0.390 e. The van der Waals surface area contributed by atoms with E-state index in [0.29, 0.717) is 11.5 Å². The van der Waals surface area contributed by atoms with Crippen LogP contribution in [0.2, 0.25) is 0 Å². The SMILES string of the molecule is CC(C)(O)[C@H]1CC[C@H](NC(=O)c2ccc(-c3nccc4[nH]ccc34)cc2)CC1. The van der Waals surface area contributed by atoms with Crippen molar-refractivity contribution >= 4 is 16.8 Å². The van der Waals surface area contributed by atoms with E-state index < -0.39 is 5.60 Å². The molecule has 2 heterocycles. The minimum absolute atomic E-state index is 0.0360. The lowest BCUT2D eigenvalue weighted by atomic mass is 9.77. The standard InChI is InChI=1S/C23H27N3O2/c1-23(2,28)17-7-9-18(10-8-17)26-22(27)16-5-3-15(4-6-16)21-19-11-13-24-20(19)12-14-25-21/h3-6,11-14,17-18,24,28H,7-10H2,1-2H3,(H,26,27)/t17-,18-. The number of aromatic nitrogens is 2. The third-order valence-corrected chi connectivity index (χ3v) is 5.96. The molecule has 5 nitrogen and oxygen atoms in total. The molecule has 0 radical (unpaired) electrons. The van der Waals surface area contributed by atoms with E-state index in [-0.39, 0.29) is 11.9 Å². The molecule has 0 bridgehead atoms. The van der Waals surface area contributed by atoms with Gasteiger partial charge in [-0.05, 0) is 69.7 Å². The summed E-state index contributed by atoms with van der Waals surface area (Å²) >= 11 is 0. The topological polar surface area (TPSA) is 78.0 Å². The van der Waals surface area contributed by atoms with Gasteiger partial charge in [0.2, 0.25) is 0 Å². The molecule has 1 amide bonds. The Morgan fingerprint density at radius 2 is 1.82 bits per heavy atom. The van der Waals surface area contributed by atoms with E-state index in [1.165, 1.54) is 0 Å². The lowest BCUT2D eigenvalue weighted by molar-refractivity contribution is -0.00257. The summed E-state index contributed by atoms with van der Waals surface area (Å²) < 4.78 is 0. The molecule has 2 aromatic heterocycles. The number of hydrogen-bond donors (Lipinski definition) is 3. The maximum Gasteiger partial charge on any atom is 0.251 e. The molecule has 28 heavy (non-hydrogen) atoms. The number of carbonyl (C=O) groups excluding carboxylic acids is 1. The average Bonchev–Trinajstić information content (AvgIpc) is 3.17. The fourth-order valence-corrected chi connectivity index (χ4v) is 4.21. The number of nitrogens with one attached hydrogen (secondary N) is 2. The normalized spacial score (nSPS) is 20.2. The second-order valence-electron chi connectivity index (χ2n) is 8.35. The molecule has 1 aliphatic carbocycles. The molecule has 1 fully saturated rings. The largest absolute Gasteiger partial charge is 0.390 e. The maximum absolute atomic E-state index is 12.6. The smallest absolute Gasteiger partial charge is 0.251 e. The van der Waals surface area contributed by atoms with Gasteiger partial charge in [0.1, 0.15) is 0 Å². The summed E-state index contributed by atoms with van der Waals surface area (Å²) in [6.45, 7) is 3.75. The first-order valence-electron chi connectivity index (χ1n) is 9.97. The highest BCUT2D eigenvalue weighted by Crippen LogP contribution is 2.32. The quantitative estimate of drug-likeness (QED) is 0.635. The summed E-state index contributed by atoms with van der Waals surface area (Å²) in [4.78, 5) is 20.3. The van der Waals surface area contributed by atoms with Crippen molar-refractivity contribution < 1.29 is 9.90 Å². The van der Waals surface area contributed by atoms with E-state index in [1.54, 1.807) is 6.20 Å². The van der Waals surface area contributed by atoms with Gasteiger partial charge in [0.05, 0.1) is 11.3 Å². The molecule has 146 valence electrons. The van der Waals surface area contributed by atoms with Crippen LogP contribution in [-0.2, 0) is 0 Å².